The highest BCUT2D eigenvalue weighted by atomic mass is 32.2. The van der Waals surface area contributed by atoms with Crippen LogP contribution in [0.4, 0.5) is 4.39 Å². The Morgan fingerprint density at radius 1 is 1.18 bits per heavy atom. The number of hydrogen-bond donors (Lipinski definition) is 2. The number of sulfonamides is 1. The molecule has 1 aromatic carbocycles. The number of benzene rings is 1. The SMILES string of the molecule is O=C(Cc1ccc(F)cc1)NCCS(=O)(=O)NC1CCCC1. The molecule has 122 valence electrons. The lowest BCUT2D eigenvalue weighted by Gasteiger charge is -2.12. The smallest absolute Gasteiger partial charge is 0.224 e. The first kappa shape index (κ1) is 16.9. The van der Waals surface area contributed by atoms with E-state index in [2.05, 4.69) is 10.0 Å². The van der Waals surface area contributed by atoms with Crippen molar-refractivity contribution >= 4 is 15.9 Å². The molecule has 5 nitrogen and oxygen atoms in total. The number of carbonyl (C=O) groups is 1. The summed E-state index contributed by atoms with van der Waals surface area (Å²) < 4.78 is 39.1. The molecular weight excluding hydrogens is 307 g/mol. The van der Waals surface area contributed by atoms with E-state index in [0.29, 0.717) is 5.56 Å². The Morgan fingerprint density at radius 3 is 2.45 bits per heavy atom. The number of rotatable bonds is 7. The summed E-state index contributed by atoms with van der Waals surface area (Å²) in [5, 5.41) is 2.57. The van der Waals surface area contributed by atoms with Crippen molar-refractivity contribution in [2.24, 2.45) is 0 Å². The van der Waals surface area contributed by atoms with Crippen molar-refractivity contribution in [3.8, 4) is 0 Å². The molecule has 1 aliphatic carbocycles. The van der Waals surface area contributed by atoms with Crippen molar-refractivity contribution in [1.29, 1.82) is 0 Å². The molecule has 1 aromatic rings. The molecule has 1 saturated carbocycles. The van der Waals surface area contributed by atoms with Gasteiger partial charge in [0.05, 0.1) is 12.2 Å². The molecule has 0 unspecified atom stereocenters. The van der Waals surface area contributed by atoms with E-state index < -0.39 is 10.0 Å². The van der Waals surface area contributed by atoms with Crippen molar-refractivity contribution < 1.29 is 17.6 Å². The molecule has 0 bridgehead atoms. The number of hydrogen-bond acceptors (Lipinski definition) is 3. The largest absolute Gasteiger partial charge is 0.355 e. The number of carbonyl (C=O) groups excluding carboxylic acids is 1. The van der Waals surface area contributed by atoms with Crippen LogP contribution < -0.4 is 10.0 Å². The predicted octanol–water partition coefficient (Wildman–Crippen LogP) is 1.35. The maximum atomic E-state index is 12.8. The number of nitrogens with one attached hydrogen (secondary N) is 2. The lowest BCUT2D eigenvalue weighted by atomic mass is 10.1. The zero-order valence-electron chi connectivity index (χ0n) is 12.3. The fourth-order valence-electron chi connectivity index (χ4n) is 2.53. The van der Waals surface area contributed by atoms with Crippen LogP contribution in [0.15, 0.2) is 24.3 Å². The Morgan fingerprint density at radius 2 is 1.82 bits per heavy atom. The van der Waals surface area contributed by atoms with E-state index in [0.717, 1.165) is 25.7 Å². The van der Waals surface area contributed by atoms with Crippen molar-refractivity contribution in [3.05, 3.63) is 35.6 Å². The summed E-state index contributed by atoms with van der Waals surface area (Å²) in [7, 11) is -3.35. The van der Waals surface area contributed by atoms with E-state index in [1.54, 1.807) is 0 Å². The average Bonchev–Trinajstić information content (AvgIpc) is 2.93. The predicted molar refractivity (Wildman–Crippen MR) is 82.3 cm³/mol. The van der Waals surface area contributed by atoms with Crippen LogP contribution in [0.25, 0.3) is 0 Å². The summed E-state index contributed by atoms with van der Waals surface area (Å²) in [5.41, 5.74) is 0.686. The first-order valence-corrected chi connectivity index (χ1v) is 9.11. The minimum atomic E-state index is -3.35. The Bertz CT molecular complexity index is 596. The van der Waals surface area contributed by atoms with Crippen LogP contribution in [-0.4, -0.2) is 32.7 Å². The molecule has 0 atom stereocenters. The average molecular weight is 328 g/mol. The first-order chi connectivity index (χ1) is 10.4. The summed E-state index contributed by atoms with van der Waals surface area (Å²) >= 11 is 0. The molecule has 1 amide bonds. The van der Waals surface area contributed by atoms with Gasteiger partial charge in [-0.1, -0.05) is 25.0 Å². The second-order valence-corrected chi connectivity index (χ2v) is 7.44. The molecule has 0 radical (unpaired) electrons. The van der Waals surface area contributed by atoms with Crippen LogP contribution in [0.1, 0.15) is 31.2 Å². The van der Waals surface area contributed by atoms with E-state index in [4.69, 9.17) is 0 Å². The molecule has 2 N–H and O–H groups in total. The van der Waals surface area contributed by atoms with Gasteiger partial charge in [0, 0.05) is 12.6 Å². The van der Waals surface area contributed by atoms with Crippen LogP contribution in [-0.2, 0) is 21.2 Å². The van der Waals surface area contributed by atoms with Gasteiger partial charge >= 0.3 is 0 Å². The lowest BCUT2D eigenvalue weighted by molar-refractivity contribution is -0.120. The quantitative estimate of drug-likeness (QED) is 0.793. The molecule has 0 saturated heterocycles. The van der Waals surface area contributed by atoms with Crippen molar-refractivity contribution in [2.75, 3.05) is 12.3 Å². The van der Waals surface area contributed by atoms with E-state index in [1.807, 2.05) is 0 Å². The molecular formula is C15H21FN2O3S. The highest BCUT2D eigenvalue weighted by Gasteiger charge is 2.21. The minimum absolute atomic E-state index is 0.0416. The molecule has 22 heavy (non-hydrogen) atoms. The van der Waals surface area contributed by atoms with Crippen LogP contribution in [0.2, 0.25) is 0 Å². The van der Waals surface area contributed by atoms with Crippen LogP contribution in [0, 0.1) is 5.82 Å². The van der Waals surface area contributed by atoms with E-state index in [9.17, 15) is 17.6 Å². The second-order valence-electron chi connectivity index (χ2n) is 5.57. The van der Waals surface area contributed by atoms with Crippen LogP contribution in [0.5, 0.6) is 0 Å². The van der Waals surface area contributed by atoms with Gasteiger partial charge in [0.2, 0.25) is 15.9 Å². The highest BCUT2D eigenvalue weighted by Crippen LogP contribution is 2.18. The standard InChI is InChI=1S/C15H21FN2O3S/c16-13-7-5-12(6-8-13)11-15(19)17-9-10-22(20,21)18-14-3-1-2-4-14/h5-8,14,18H,1-4,9-11H2,(H,17,19). The number of amides is 1. The third-order valence-electron chi connectivity index (χ3n) is 3.67. The molecule has 1 aliphatic rings. The maximum absolute atomic E-state index is 12.8. The third-order valence-corrected chi connectivity index (χ3v) is 5.11. The molecule has 0 spiro atoms. The molecule has 0 aromatic heterocycles. The zero-order valence-corrected chi connectivity index (χ0v) is 13.2. The van der Waals surface area contributed by atoms with Crippen LogP contribution >= 0.6 is 0 Å². The maximum Gasteiger partial charge on any atom is 0.224 e. The fraction of sp³-hybridized carbons (Fsp3) is 0.533. The topological polar surface area (TPSA) is 75.3 Å². The molecule has 0 aliphatic heterocycles. The van der Waals surface area contributed by atoms with Gasteiger partial charge in [-0.25, -0.2) is 17.5 Å². The summed E-state index contributed by atoms with van der Waals surface area (Å²) in [6.45, 7) is 0.0715. The summed E-state index contributed by atoms with van der Waals surface area (Å²) in [6.07, 6.45) is 3.99. The summed E-state index contributed by atoms with van der Waals surface area (Å²) in [6, 6.07) is 5.69. The Kier molecular flexibility index (Phi) is 5.90. The Balaban J connectivity index is 1.70. The van der Waals surface area contributed by atoms with Gasteiger partial charge < -0.3 is 5.32 Å². The van der Waals surface area contributed by atoms with Crippen molar-refractivity contribution in [2.45, 2.75) is 38.1 Å². The second kappa shape index (κ2) is 7.69. The van der Waals surface area contributed by atoms with E-state index in [-0.39, 0.29) is 36.5 Å². The van der Waals surface area contributed by atoms with Gasteiger partial charge in [0.25, 0.3) is 0 Å². The van der Waals surface area contributed by atoms with Crippen molar-refractivity contribution in [3.63, 3.8) is 0 Å². The Labute approximate surface area is 130 Å². The summed E-state index contributed by atoms with van der Waals surface area (Å²) in [4.78, 5) is 11.7. The Hall–Kier alpha value is -1.47. The molecule has 0 heterocycles. The van der Waals surface area contributed by atoms with E-state index >= 15 is 0 Å². The monoisotopic (exact) mass is 328 g/mol. The lowest BCUT2D eigenvalue weighted by Crippen LogP contribution is -2.38. The van der Waals surface area contributed by atoms with Gasteiger partial charge in [-0.3, -0.25) is 4.79 Å². The number of halogens is 1. The van der Waals surface area contributed by atoms with Gasteiger partial charge in [-0.05, 0) is 30.5 Å². The molecule has 2 rings (SSSR count). The third kappa shape index (κ3) is 5.73. The van der Waals surface area contributed by atoms with Gasteiger partial charge in [-0.15, -0.1) is 0 Å². The normalized spacial score (nSPS) is 15.9. The molecule has 1 fully saturated rings. The van der Waals surface area contributed by atoms with Crippen molar-refractivity contribution in [1.82, 2.24) is 10.0 Å². The highest BCUT2D eigenvalue weighted by molar-refractivity contribution is 7.89. The zero-order chi connectivity index (χ0) is 16.0. The minimum Gasteiger partial charge on any atom is -0.355 e. The van der Waals surface area contributed by atoms with Gasteiger partial charge in [0.1, 0.15) is 5.82 Å². The van der Waals surface area contributed by atoms with Gasteiger partial charge in [0.15, 0.2) is 0 Å². The van der Waals surface area contributed by atoms with E-state index in [1.165, 1.54) is 24.3 Å². The first-order valence-electron chi connectivity index (χ1n) is 7.46. The fourth-order valence-corrected chi connectivity index (χ4v) is 3.76. The summed E-state index contributed by atoms with van der Waals surface area (Å²) in [5.74, 6) is -0.755. The van der Waals surface area contributed by atoms with Crippen LogP contribution in [0.3, 0.4) is 0 Å². The molecule has 7 heteroatoms. The van der Waals surface area contributed by atoms with Gasteiger partial charge in [-0.2, -0.15) is 0 Å².